The van der Waals surface area contributed by atoms with E-state index in [0.29, 0.717) is 0 Å². The van der Waals surface area contributed by atoms with Gasteiger partial charge in [-0.3, -0.25) is 0 Å². The first kappa shape index (κ1) is 10.6. The van der Waals surface area contributed by atoms with Crippen molar-refractivity contribution in [2.75, 3.05) is 19.6 Å². The fourth-order valence-corrected chi connectivity index (χ4v) is 4.43. The highest BCUT2D eigenvalue weighted by atomic mass is 79.9. The van der Waals surface area contributed by atoms with Crippen molar-refractivity contribution < 1.29 is 0 Å². The van der Waals surface area contributed by atoms with Crippen LogP contribution in [0.25, 0.3) is 0 Å². The van der Waals surface area contributed by atoms with Crippen LogP contribution in [0.15, 0.2) is 0 Å². The van der Waals surface area contributed by atoms with Gasteiger partial charge in [-0.2, -0.15) is 0 Å². The molecule has 3 aliphatic rings. The van der Waals surface area contributed by atoms with Gasteiger partial charge in [-0.1, -0.05) is 22.4 Å². The molecule has 0 radical (unpaired) electrons. The molecule has 3 fully saturated rings. The Kier molecular flexibility index (Phi) is 3.08. The van der Waals surface area contributed by atoms with Crippen molar-refractivity contribution in [2.24, 2.45) is 17.8 Å². The highest BCUT2D eigenvalue weighted by Gasteiger charge is 2.40. The van der Waals surface area contributed by atoms with Crippen molar-refractivity contribution in [3.63, 3.8) is 0 Å². The van der Waals surface area contributed by atoms with Gasteiger partial charge in [-0.05, 0) is 62.9 Å². The summed E-state index contributed by atoms with van der Waals surface area (Å²) in [5, 5.41) is 0. The lowest BCUT2D eigenvalue weighted by Crippen LogP contribution is -2.38. The minimum atomic E-state index is 0.800. The number of hydrogen-bond acceptors (Lipinski definition) is 1. The Morgan fingerprint density at radius 1 is 1.00 bits per heavy atom. The van der Waals surface area contributed by atoms with Gasteiger partial charge in [-0.25, -0.2) is 0 Å². The summed E-state index contributed by atoms with van der Waals surface area (Å²) in [7, 11) is 0. The van der Waals surface area contributed by atoms with Crippen LogP contribution >= 0.6 is 15.9 Å². The van der Waals surface area contributed by atoms with Crippen LogP contribution in [0.1, 0.15) is 38.5 Å². The van der Waals surface area contributed by atoms with Crippen LogP contribution in [0, 0.1) is 17.8 Å². The van der Waals surface area contributed by atoms with Crippen LogP contribution in [0.5, 0.6) is 0 Å². The van der Waals surface area contributed by atoms with Crippen molar-refractivity contribution in [3.05, 3.63) is 0 Å². The molecule has 1 aliphatic heterocycles. The molecule has 2 bridgehead atoms. The molecule has 15 heavy (non-hydrogen) atoms. The first-order chi connectivity index (χ1) is 7.31. The Labute approximate surface area is 102 Å². The Balaban J connectivity index is 1.49. The number of rotatable bonds is 2. The number of fused-ring (bicyclic) bond motifs is 2. The summed E-state index contributed by atoms with van der Waals surface area (Å²) < 4.78 is 0. The fraction of sp³-hybridized carbons (Fsp3) is 1.00. The molecular weight excluding hydrogens is 250 g/mol. The fourth-order valence-electron chi connectivity index (χ4n) is 4.02. The van der Waals surface area contributed by atoms with E-state index >= 15 is 0 Å². The van der Waals surface area contributed by atoms with Gasteiger partial charge in [0.25, 0.3) is 0 Å². The van der Waals surface area contributed by atoms with Crippen molar-refractivity contribution in [3.8, 4) is 0 Å². The molecule has 2 heteroatoms. The third kappa shape index (κ3) is 2.26. The predicted molar refractivity (Wildman–Crippen MR) is 67.3 cm³/mol. The largest absolute Gasteiger partial charge is 0.303 e. The van der Waals surface area contributed by atoms with E-state index in [4.69, 9.17) is 0 Å². The Bertz CT molecular complexity index is 223. The molecule has 1 nitrogen and oxygen atoms in total. The van der Waals surface area contributed by atoms with Gasteiger partial charge in [0.05, 0.1) is 0 Å². The van der Waals surface area contributed by atoms with Gasteiger partial charge < -0.3 is 4.90 Å². The minimum absolute atomic E-state index is 0.800. The Morgan fingerprint density at radius 2 is 1.80 bits per heavy atom. The summed E-state index contributed by atoms with van der Waals surface area (Å²) in [5.74, 6) is 3.29. The lowest BCUT2D eigenvalue weighted by molar-refractivity contribution is 0.168. The van der Waals surface area contributed by atoms with Gasteiger partial charge in [0.2, 0.25) is 0 Å². The van der Waals surface area contributed by atoms with E-state index < -0.39 is 0 Å². The maximum absolute atomic E-state index is 3.73. The smallest absolute Gasteiger partial charge is 0.0170 e. The van der Waals surface area contributed by atoms with Crippen LogP contribution in [0.3, 0.4) is 0 Å². The van der Waals surface area contributed by atoms with Gasteiger partial charge >= 0.3 is 0 Å². The molecule has 2 saturated carbocycles. The Hall–Kier alpha value is 0.440. The predicted octanol–water partition coefficient (Wildman–Crippen LogP) is 3.28. The summed E-state index contributed by atoms with van der Waals surface area (Å²) >= 11 is 3.73. The van der Waals surface area contributed by atoms with Gasteiger partial charge in [0.15, 0.2) is 0 Å². The molecule has 0 aromatic carbocycles. The van der Waals surface area contributed by atoms with E-state index in [1.54, 1.807) is 25.7 Å². The molecule has 0 amide bonds. The monoisotopic (exact) mass is 271 g/mol. The summed E-state index contributed by atoms with van der Waals surface area (Å²) in [4.78, 5) is 3.53. The second kappa shape index (κ2) is 4.37. The number of likely N-dealkylation sites (tertiary alicyclic amines) is 1. The minimum Gasteiger partial charge on any atom is -0.303 e. The molecule has 3 atom stereocenters. The second-order valence-corrected chi connectivity index (χ2v) is 7.21. The molecule has 0 N–H and O–H groups in total. The molecule has 0 aromatic heterocycles. The van der Waals surface area contributed by atoms with E-state index in [1.807, 2.05) is 0 Å². The summed E-state index contributed by atoms with van der Waals surface area (Å²) in [5.41, 5.74) is 0. The van der Waals surface area contributed by atoms with Crippen LogP contribution in [-0.4, -0.2) is 29.4 Å². The first-order valence-electron chi connectivity index (χ1n) is 6.67. The van der Waals surface area contributed by atoms with Crippen molar-refractivity contribution in [1.82, 2.24) is 4.90 Å². The highest BCUT2D eigenvalue weighted by Crippen LogP contribution is 2.48. The molecular formula is C13H22BrN. The summed E-state index contributed by atoms with van der Waals surface area (Å²) in [6, 6.07) is 0. The lowest BCUT2D eigenvalue weighted by atomic mass is 9.88. The standard InChI is InChI=1S/C13H22BrN/c14-13-3-5-15(6-4-13)9-12-8-10-1-2-11(12)7-10/h10-13H,1-9H2. The zero-order chi connectivity index (χ0) is 10.3. The SMILES string of the molecule is BrC1CCN(CC2CC3CCC2C3)CC1. The topological polar surface area (TPSA) is 3.24 Å². The molecule has 3 rings (SSSR count). The third-order valence-electron chi connectivity index (χ3n) is 4.89. The molecule has 2 aliphatic carbocycles. The molecule has 1 saturated heterocycles. The van der Waals surface area contributed by atoms with Crippen molar-refractivity contribution >= 4 is 15.9 Å². The maximum atomic E-state index is 3.73. The third-order valence-corrected chi connectivity index (χ3v) is 5.81. The molecule has 0 spiro atoms. The molecule has 1 heterocycles. The second-order valence-electron chi connectivity index (χ2n) is 5.91. The number of piperidine rings is 1. The summed E-state index contributed by atoms with van der Waals surface area (Å²) in [6.45, 7) is 4.09. The van der Waals surface area contributed by atoms with E-state index in [0.717, 1.165) is 22.6 Å². The number of nitrogens with zero attached hydrogens (tertiary/aromatic N) is 1. The average molecular weight is 272 g/mol. The van der Waals surface area contributed by atoms with Crippen molar-refractivity contribution in [2.45, 2.75) is 43.4 Å². The summed E-state index contributed by atoms with van der Waals surface area (Å²) in [6.07, 6.45) is 8.94. The van der Waals surface area contributed by atoms with Crippen LogP contribution in [-0.2, 0) is 0 Å². The zero-order valence-corrected chi connectivity index (χ0v) is 11.1. The van der Waals surface area contributed by atoms with E-state index in [1.165, 1.54) is 32.5 Å². The van der Waals surface area contributed by atoms with E-state index in [2.05, 4.69) is 20.8 Å². The quantitative estimate of drug-likeness (QED) is 0.697. The van der Waals surface area contributed by atoms with Crippen molar-refractivity contribution in [1.29, 1.82) is 0 Å². The average Bonchev–Trinajstić information content (AvgIpc) is 2.83. The van der Waals surface area contributed by atoms with Crippen LogP contribution < -0.4 is 0 Å². The Morgan fingerprint density at radius 3 is 2.40 bits per heavy atom. The lowest BCUT2D eigenvalue weighted by Gasteiger charge is -2.33. The normalized spacial score (nSPS) is 42.6. The number of alkyl halides is 1. The van der Waals surface area contributed by atoms with Gasteiger partial charge in [0.1, 0.15) is 0 Å². The maximum Gasteiger partial charge on any atom is 0.0170 e. The van der Waals surface area contributed by atoms with E-state index in [9.17, 15) is 0 Å². The number of hydrogen-bond donors (Lipinski definition) is 0. The van der Waals surface area contributed by atoms with Gasteiger partial charge in [0, 0.05) is 11.4 Å². The number of halogens is 1. The molecule has 0 aromatic rings. The van der Waals surface area contributed by atoms with Gasteiger partial charge in [-0.15, -0.1) is 0 Å². The molecule has 3 unspecified atom stereocenters. The van der Waals surface area contributed by atoms with Crippen LogP contribution in [0.2, 0.25) is 0 Å². The molecule has 86 valence electrons. The van der Waals surface area contributed by atoms with E-state index in [-0.39, 0.29) is 0 Å². The first-order valence-corrected chi connectivity index (χ1v) is 7.59. The highest BCUT2D eigenvalue weighted by molar-refractivity contribution is 9.09. The zero-order valence-electron chi connectivity index (χ0n) is 9.50. The van der Waals surface area contributed by atoms with Crippen LogP contribution in [0.4, 0.5) is 0 Å².